The number of carbonyl (C=O) groups excluding carboxylic acids is 1. The zero-order chi connectivity index (χ0) is 22.4. The van der Waals surface area contributed by atoms with Crippen molar-refractivity contribution in [2.45, 2.75) is 29.8 Å². The molecule has 0 aliphatic carbocycles. The van der Waals surface area contributed by atoms with E-state index in [1.807, 2.05) is 6.92 Å². The van der Waals surface area contributed by atoms with Gasteiger partial charge in [-0.3, -0.25) is 9.89 Å². The summed E-state index contributed by atoms with van der Waals surface area (Å²) in [5.74, 6) is 1.47. The van der Waals surface area contributed by atoms with E-state index in [-0.39, 0.29) is 23.1 Å². The van der Waals surface area contributed by atoms with Gasteiger partial charge >= 0.3 is 0 Å². The summed E-state index contributed by atoms with van der Waals surface area (Å²) in [5, 5.41) is 10.3. The van der Waals surface area contributed by atoms with Crippen molar-refractivity contribution in [1.29, 1.82) is 0 Å². The van der Waals surface area contributed by atoms with Crippen molar-refractivity contribution in [2.24, 2.45) is 5.92 Å². The number of carbonyl (C=O) groups is 1. The fraction of sp³-hybridized carbons (Fsp3) is 0.526. The van der Waals surface area contributed by atoms with Crippen LogP contribution in [0.4, 0.5) is 0 Å². The first-order valence-corrected chi connectivity index (χ1v) is 12.3. The predicted molar refractivity (Wildman–Crippen MR) is 116 cm³/mol. The number of sulfonamides is 1. The zero-order valence-corrected chi connectivity index (χ0v) is 19.4. The number of hydrogen-bond acceptors (Lipinski definition) is 8. The van der Waals surface area contributed by atoms with Crippen LogP contribution in [0.5, 0.6) is 11.5 Å². The number of rotatable bonds is 9. The average molecular weight is 470 g/mol. The van der Waals surface area contributed by atoms with Crippen molar-refractivity contribution in [3.63, 3.8) is 0 Å². The number of H-pyrrole nitrogens is 1. The molecule has 1 fully saturated rings. The quantitative estimate of drug-likeness (QED) is 0.417. The maximum atomic E-state index is 13.3. The number of ether oxygens (including phenoxy) is 2. The van der Waals surface area contributed by atoms with Gasteiger partial charge in [0, 0.05) is 31.5 Å². The van der Waals surface area contributed by atoms with Crippen LogP contribution in [0.1, 0.15) is 18.7 Å². The molecule has 0 radical (unpaired) electrons. The highest BCUT2D eigenvalue weighted by atomic mass is 32.2. The number of piperidine rings is 1. The highest BCUT2D eigenvalue weighted by molar-refractivity contribution is 7.99. The number of benzene rings is 1. The Labute approximate surface area is 186 Å². The maximum Gasteiger partial charge on any atom is 0.246 e. The number of nitrogens with one attached hydrogen (secondary N) is 2. The van der Waals surface area contributed by atoms with E-state index in [0.717, 1.165) is 5.82 Å². The summed E-state index contributed by atoms with van der Waals surface area (Å²) >= 11 is 1.44. The van der Waals surface area contributed by atoms with Crippen molar-refractivity contribution in [3.05, 3.63) is 24.0 Å². The number of thioether (sulfide) groups is 1. The lowest BCUT2D eigenvalue weighted by atomic mass is 9.99. The fourth-order valence-electron chi connectivity index (χ4n) is 3.35. The van der Waals surface area contributed by atoms with Gasteiger partial charge in [-0.25, -0.2) is 13.4 Å². The van der Waals surface area contributed by atoms with Crippen molar-refractivity contribution in [3.8, 4) is 11.5 Å². The molecule has 1 amide bonds. The third kappa shape index (κ3) is 5.69. The summed E-state index contributed by atoms with van der Waals surface area (Å²) in [6.07, 6.45) is 1.25. The first-order chi connectivity index (χ1) is 14.8. The maximum absolute atomic E-state index is 13.3. The molecular formula is C19H27N5O5S2. The molecule has 0 unspecified atom stereocenters. The number of nitrogens with zero attached hydrogens (tertiary/aromatic N) is 3. The van der Waals surface area contributed by atoms with Gasteiger partial charge in [0.25, 0.3) is 0 Å². The Balaban J connectivity index is 1.60. The first kappa shape index (κ1) is 23.4. The lowest BCUT2D eigenvalue weighted by molar-refractivity contribution is -0.125. The predicted octanol–water partition coefficient (Wildman–Crippen LogP) is 1.44. The van der Waals surface area contributed by atoms with Gasteiger partial charge in [0.05, 0.1) is 20.1 Å². The molecule has 1 aromatic carbocycles. The van der Waals surface area contributed by atoms with Crippen molar-refractivity contribution in [2.75, 3.05) is 39.6 Å². The minimum atomic E-state index is -3.84. The van der Waals surface area contributed by atoms with Gasteiger partial charge in [0.15, 0.2) is 0 Å². The molecule has 2 N–H and O–H groups in total. The van der Waals surface area contributed by atoms with Gasteiger partial charge in [-0.1, -0.05) is 11.8 Å². The van der Waals surface area contributed by atoms with Gasteiger partial charge in [-0.05, 0) is 31.9 Å². The number of amides is 1. The second-order valence-corrected chi connectivity index (χ2v) is 10.0. The van der Waals surface area contributed by atoms with Crippen LogP contribution in [0.15, 0.2) is 28.3 Å². The second kappa shape index (κ2) is 10.3. The molecule has 170 valence electrons. The Bertz CT molecular complexity index is 1010. The molecule has 1 atom stereocenters. The molecule has 2 heterocycles. The van der Waals surface area contributed by atoms with E-state index in [4.69, 9.17) is 9.47 Å². The molecule has 1 aliphatic rings. The molecule has 0 bridgehead atoms. The van der Waals surface area contributed by atoms with Crippen molar-refractivity contribution in [1.82, 2.24) is 24.8 Å². The topological polar surface area (TPSA) is 127 Å². The molecule has 3 rings (SSSR count). The average Bonchev–Trinajstić information content (AvgIpc) is 3.21. The van der Waals surface area contributed by atoms with Crippen LogP contribution in [-0.4, -0.2) is 73.4 Å². The van der Waals surface area contributed by atoms with Crippen molar-refractivity contribution >= 4 is 27.7 Å². The summed E-state index contributed by atoms with van der Waals surface area (Å²) in [5.41, 5.74) is 0. The minimum Gasteiger partial charge on any atom is -0.497 e. The Kier molecular flexibility index (Phi) is 7.79. The van der Waals surface area contributed by atoms with Crippen LogP contribution in [0.3, 0.4) is 0 Å². The van der Waals surface area contributed by atoms with Crippen LogP contribution in [0.25, 0.3) is 0 Å². The van der Waals surface area contributed by atoms with Gasteiger partial charge in [-0.2, -0.15) is 4.31 Å². The molecule has 10 nitrogen and oxygen atoms in total. The molecule has 1 aliphatic heterocycles. The van der Waals surface area contributed by atoms with Crippen molar-refractivity contribution < 1.29 is 22.7 Å². The summed E-state index contributed by atoms with van der Waals surface area (Å²) in [6, 6.07) is 4.65. The molecular weight excluding hydrogens is 442 g/mol. The van der Waals surface area contributed by atoms with E-state index in [1.54, 1.807) is 12.1 Å². The fourth-order valence-corrected chi connectivity index (χ4v) is 5.74. The van der Waals surface area contributed by atoms with Gasteiger partial charge in [0.2, 0.25) is 21.1 Å². The smallest absolute Gasteiger partial charge is 0.246 e. The lowest BCUT2D eigenvalue weighted by Crippen LogP contribution is -2.45. The Hall–Kier alpha value is -2.31. The van der Waals surface area contributed by atoms with E-state index >= 15 is 0 Å². The molecule has 2 aromatic rings. The number of aromatic nitrogens is 3. The zero-order valence-electron chi connectivity index (χ0n) is 17.8. The van der Waals surface area contributed by atoms with Crippen LogP contribution >= 0.6 is 11.8 Å². The summed E-state index contributed by atoms with van der Waals surface area (Å²) < 4.78 is 38.3. The standard InChI is InChI=1S/C19H27N5O5S2/c1-13-21-19(23-22-13)30-10-8-20-18(25)14-5-4-9-24(12-14)31(26,27)17-11-15(28-2)6-7-16(17)29-3/h6-7,11,14H,4-5,8-10,12H2,1-3H3,(H,20,25)(H,21,22,23)/t14-/m1/s1. The molecule has 31 heavy (non-hydrogen) atoms. The van der Waals surface area contributed by atoms with Gasteiger partial charge in [-0.15, -0.1) is 5.10 Å². The molecule has 1 aromatic heterocycles. The van der Waals surface area contributed by atoms with Crippen LogP contribution in [-0.2, 0) is 14.8 Å². The van der Waals surface area contributed by atoms with E-state index in [9.17, 15) is 13.2 Å². The number of methoxy groups -OCH3 is 2. The van der Waals surface area contributed by atoms with Gasteiger partial charge < -0.3 is 14.8 Å². The molecule has 0 spiro atoms. The van der Waals surface area contributed by atoms with E-state index in [1.165, 1.54) is 36.4 Å². The minimum absolute atomic E-state index is 0.0357. The summed E-state index contributed by atoms with van der Waals surface area (Å²) in [7, 11) is -0.943. The SMILES string of the molecule is COc1ccc(OC)c(S(=O)(=O)N2CCC[C@@H](C(=O)NCCSc3n[nH]c(C)n3)C2)c1. The highest BCUT2D eigenvalue weighted by Crippen LogP contribution is 2.32. The Morgan fingerprint density at radius 2 is 2.16 bits per heavy atom. The number of aryl methyl sites for hydroxylation is 1. The summed E-state index contributed by atoms with van der Waals surface area (Å²) in [4.78, 5) is 16.9. The first-order valence-electron chi connectivity index (χ1n) is 9.87. The van der Waals surface area contributed by atoms with Crippen LogP contribution in [0, 0.1) is 12.8 Å². The summed E-state index contributed by atoms with van der Waals surface area (Å²) in [6.45, 7) is 2.75. The number of aromatic amines is 1. The molecule has 0 saturated carbocycles. The van der Waals surface area contributed by atoms with E-state index in [0.29, 0.717) is 42.6 Å². The second-order valence-electron chi connectivity index (χ2n) is 7.06. The molecule has 12 heteroatoms. The normalized spacial score (nSPS) is 17.3. The molecule has 1 saturated heterocycles. The monoisotopic (exact) mass is 469 g/mol. The highest BCUT2D eigenvalue weighted by Gasteiger charge is 2.35. The Morgan fingerprint density at radius 3 is 2.84 bits per heavy atom. The van der Waals surface area contributed by atoms with Crippen LogP contribution < -0.4 is 14.8 Å². The largest absolute Gasteiger partial charge is 0.497 e. The third-order valence-corrected chi connectivity index (χ3v) is 7.69. The van der Waals surface area contributed by atoms with Crippen LogP contribution in [0.2, 0.25) is 0 Å². The number of hydrogen-bond donors (Lipinski definition) is 2. The van der Waals surface area contributed by atoms with E-state index < -0.39 is 15.9 Å². The van der Waals surface area contributed by atoms with Gasteiger partial charge in [0.1, 0.15) is 22.2 Å². The third-order valence-electron chi connectivity index (χ3n) is 4.95. The van der Waals surface area contributed by atoms with E-state index in [2.05, 4.69) is 20.5 Å². The Morgan fingerprint density at radius 1 is 1.35 bits per heavy atom. The lowest BCUT2D eigenvalue weighted by Gasteiger charge is -2.31.